The van der Waals surface area contributed by atoms with Gasteiger partial charge in [0.05, 0.1) is 0 Å². The average Bonchev–Trinajstić information content (AvgIpc) is 2.18. The molecule has 0 heterocycles. The summed E-state index contributed by atoms with van der Waals surface area (Å²) in [7, 11) is 0. The summed E-state index contributed by atoms with van der Waals surface area (Å²) in [5, 5.41) is 2.74. The van der Waals surface area contributed by atoms with Crippen LogP contribution in [-0.2, 0) is 11.2 Å². The van der Waals surface area contributed by atoms with E-state index in [1.807, 2.05) is 18.2 Å². The van der Waals surface area contributed by atoms with E-state index >= 15 is 0 Å². The number of carbonyl (C=O) groups excluding carboxylic acids is 1. The molecule has 3 heteroatoms. The Kier molecular flexibility index (Phi) is 4.84. The van der Waals surface area contributed by atoms with Gasteiger partial charge in [-0.3, -0.25) is 4.79 Å². The Morgan fingerprint density at radius 2 is 2.07 bits per heavy atom. The van der Waals surface area contributed by atoms with Crippen LogP contribution >= 0.6 is 0 Å². The summed E-state index contributed by atoms with van der Waals surface area (Å²) in [4.78, 5) is 10.6. The third kappa shape index (κ3) is 5.18. The lowest BCUT2D eigenvalue weighted by molar-refractivity contribution is -0.118. The van der Waals surface area contributed by atoms with Crippen molar-refractivity contribution in [2.45, 2.75) is 25.8 Å². The zero-order chi connectivity index (χ0) is 11.1. The van der Waals surface area contributed by atoms with Crippen LogP contribution in [-0.4, -0.2) is 18.5 Å². The molecule has 0 bridgehead atoms. The molecule has 0 spiro atoms. The van der Waals surface area contributed by atoms with Gasteiger partial charge in [0, 0.05) is 19.5 Å². The Balaban J connectivity index is 2.24. The number of nitrogens with two attached hydrogens (primary N) is 1. The zero-order valence-corrected chi connectivity index (χ0v) is 9.07. The van der Waals surface area contributed by atoms with E-state index in [0.717, 1.165) is 12.8 Å². The van der Waals surface area contributed by atoms with E-state index in [0.29, 0.717) is 6.54 Å². The topological polar surface area (TPSA) is 55.1 Å². The number of nitrogens with one attached hydrogen (secondary N) is 1. The lowest BCUT2D eigenvalue weighted by atomic mass is 10.0. The molecule has 0 fully saturated rings. The maximum absolute atomic E-state index is 10.6. The minimum Gasteiger partial charge on any atom is -0.356 e. The normalized spacial score (nSPS) is 12.1. The summed E-state index contributed by atoms with van der Waals surface area (Å²) in [6.07, 6.45) is 1.68. The monoisotopic (exact) mass is 206 g/mol. The maximum Gasteiger partial charge on any atom is 0.216 e. The molecular formula is C12H18N2O. The molecule has 1 aromatic carbocycles. The number of hydrogen-bond acceptors (Lipinski definition) is 2. The predicted molar refractivity (Wildman–Crippen MR) is 61.4 cm³/mol. The lowest BCUT2D eigenvalue weighted by Crippen LogP contribution is -2.30. The second kappa shape index (κ2) is 6.19. The third-order valence-corrected chi connectivity index (χ3v) is 2.23. The second-order valence-electron chi connectivity index (χ2n) is 3.72. The molecule has 0 saturated heterocycles. The van der Waals surface area contributed by atoms with Crippen LogP contribution in [0.1, 0.15) is 18.9 Å². The molecular weight excluding hydrogens is 188 g/mol. The summed E-state index contributed by atoms with van der Waals surface area (Å²) >= 11 is 0. The largest absolute Gasteiger partial charge is 0.356 e. The quantitative estimate of drug-likeness (QED) is 0.757. The van der Waals surface area contributed by atoms with Crippen LogP contribution in [0.2, 0.25) is 0 Å². The number of hydrogen-bond donors (Lipinski definition) is 2. The van der Waals surface area contributed by atoms with E-state index in [1.165, 1.54) is 12.5 Å². The first-order valence-corrected chi connectivity index (χ1v) is 5.22. The first kappa shape index (κ1) is 11.7. The van der Waals surface area contributed by atoms with Crippen molar-refractivity contribution in [3.63, 3.8) is 0 Å². The third-order valence-electron chi connectivity index (χ3n) is 2.23. The van der Waals surface area contributed by atoms with Crippen LogP contribution in [0.4, 0.5) is 0 Å². The van der Waals surface area contributed by atoms with Gasteiger partial charge in [-0.15, -0.1) is 0 Å². The number of rotatable bonds is 5. The Morgan fingerprint density at radius 1 is 1.40 bits per heavy atom. The molecule has 3 nitrogen and oxygen atoms in total. The Bertz CT molecular complexity index is 298. The van der Waals surface area contributed by atoms with Crippen molar-refractivity contribution in [1.29, 1.82) is 0 Å². The van der Waals surface area contributed by atoms with Crippen LogP contribution in [0.3, 0.4) is 0 Å². The average molecular weight is 206 g/mol. The summed E-state index contributed by atoms with van der Waals surface area (Å²) in [5.41, 5.74) is 7.18. The minimum atomic E-state index is 0.00177. The fourth-order valence-electron chi connectivity index (χ4n) is 1.45. The molecule has 0 aliphatic rings. The molecule has 1 amide bonds. The zero-order valence-electron chi connectivity index (χ0n) is 9.07. The van der Waals surface area contributed by atoms with Gasteiger partial charge in [0.1, 0.15) is 0 Å². The Morgan fingerprint density at radius 3 is 2.67 bits per heavy atom. The predicted octanol–water partition coefficient (Wildman–Crippen LogP) is 1.08. The molecule has 0 aromatic heterocycles. The van der Waals surface area contributed by atoms with Crippen molar-refractivity contribution in [2.24, 2.45) is 5.73 Å². The number of amides is 1. The first-order chi connectivity index (χ1) is 7.18. The van der Waals surface area contributed by atoms with Gasteiger partial charge in [-0.25, -0.2) is 0 Å². The van der Waals surface area contributed by atoms with Gasteiger partial charge >= 0.3 is 0 Å². The highest BCUT2D eigenvalue weighted by atomic mass is 16.1. The van der Waals surface area contributed by atoms with Crippen LogP contribution in [0.5, 0.6) is 0 Å². The van der Waals surface area contributed by atoms with Crippen molar-refractivity contribution in [3.8, 4) is 0 Å². The molecule has 0 unspecified atom stereocenters. The Labute approximate surface area is 90.7 Å². The van der Waals surface area contributed by atoms with E-state index in [-0.39, 0.29) is 11.9 Å². The fraction of sp³-hybridized carbons (Fsp3) is 0.417. The highest BCUT2D eigenvalue weighted by Crippen LogP contribution is 2.03. The molecule has 82 valence electrons. The van der Waals surface area contributed by atoms with Gasteiger partial charge in [-0.05, 0) is 18.4 Å². The van der Waals surface area contributed by atoms with E-state index in [9.17, 15) is 4.79 Å². The van der Waals surface area contributed by atoms with Crippen LogP contribution < -0.4 is 11.1 Å². The molecule has 0 saturated carbocycles. The first-order valence-electron chi connectivity index (χ1n) is 5.22. The van der Waals surface area contributed by atoms with E-state index < -0.39 is 0 Å². The van der Waals surface area contributed by atoms with Crippen LogP contribution in [0.25, 0.3) is 0 Å². The Hall–Kier alpha value is -1.35. The van der Waals surface area contributed by atoms with Crippen LogP contribution in [0, 0.1) is 0 Å². The fourth-order valence-corrected chi connectivity index (χ4v) is 1.45. The highest BCUT2D eigenvalue weighted by molar-refractivity contribution is 5.72. The molecule has 3 N–H and O–H groups in total. The van der Waals surface area contributed by atoms with Crippen molar-refractivity contribution in [3.05, 3.63) is 35.9 Å². The molecule has 1 rings (SSSR count). The second-order valence-corrected chi connectivity index (χ2v) is 3.72. The summed E-state index contributed by atoms with van der Waals surface area (Å²) < 4.78 is 0. The molecule has 0 aliphatic carbocycles. The molecule has 0 radical (unpaired) electrons. The standard InChI is InChI=1S/C12H18N2O/c1-10(15)14-8-7-12(13)9-11-5-3-2-4-6-11/h2-6,12H,7-9,13H2,1H3,(H,14,15)/t12-/m0/s1. The van der Waals surface area contributed by atoms with Crippen LogP contribution in [0.15, 0.2) is 30.3 Å². The van der Waals surface area contributed by atoms with Gasteiger partial charge in [0.25, 0.3) is 0 Å². The summed E-state index contributed by atoms with van der Waals surface area (Å²) in [6, 6.07) is 10.3. The maximum atomic E-state index is 10.6. The van der Waals surface area contributed by atoms with Gasteiger partial charge in [-0.2, -0.15) is 0 Å². The van der Waals surface area contributed by atoms with Crippen molar-refractivity contribution in [2.75, 3.05) is 6.54 Å². The van der Waals surface area contributed by atoms with Crippen molar-refractivity contribution >= 4 is 5.91 Å². The van der Waals surface area contributed by atoms with E-state index in [2.05, 4.69) is 17.4 Å². The van der Waals surface area contributed by atoms with Gasteiger partial charge in [-0.1, -0.05) is 30.3 Å². The molecule has 0 aliphatic heterocycles. The molecule has 1 aromatic rings. The lowest BCUT2D eigenvalue weighted by Gasteiger charge is -2.11. The van der Waals surface area contributed by atoms with E-state index in [4.69, 9.17) is 5.73 Å². The van der Waals surface area contributed by atoms with Crippen molar-refractivity contribution < 1.29 is 4.79 Å². The molecule has 1 atom stereocenters. The van der Waals surface area contributed by atoms with Gasteiger partial charge in [0.2, 0.25) is 5.91 Å². The van der Waals surface area contributed by atoms with Gasteiger partial charge in [0.15, 0.2) is 0 Å². The highest BCUT2D eigenvalue weighted by Gasteiger charge is 2.03. The smallest absolute Gasteiger partial charge is 0.216 e. The summed E-state index contributed by atoms with van der Waals surface area (Å²) in [5.74, 6) is 0.00177. The molecule has 15 heavy (non-hydrogen) atoms. The van der Waals surface area contributed by atoms with Gasteiger partial charge < -0.3 is 11.1 Å². The van der Waals surface area contributed by atoms with Crippen molar-refractivity contribution in [1.82, 2.24) is 5.32 Å². The summed E-state index contributed by atoms with van der Waals surface area (Å²) in [6.45, 7) is 2.17. The SMILES string of the molecule is CC(=O)NCC[C@H](N)Cc1ccccc1. The minimum absolute atomic E-state index is 0.00177. The number of benzene rings is 1. The number of carbonyl (C=O) groups is 1. The van der Waals surface area contributed by atoms with E-state index in [1.54, 1.807) is 0 Å².